The molecule has 2 amide bonds. The van der Waals surface area contributed by atoms with Crippen LogP contribution in [0.2, 0.25) is 5.02 Å². The van der Waals surface area contributed by atoms with Crippen molar-refractivity contribution in [3.63, 3.8) is 0 Å². The van der Waals surface area contributed by atoms with Crippen LogP contribution in [0.25, 0.3) is 0 Å². The lowest BCUT2D eigenvalue weighted by molar-refractivity contribution is -0.116. The van der Waals surface area contributed by atoms with Crippen LogP contribution >= 0.6 is 22.9 Å². The summed E-state index contributed by atoms with van der Waals surface area (Å²) in [5.74, 6) is -1.04. The van der Waals surface area contributed by atoms with Crippen LogP contribution in [0.1, 0.15) is 21.2 Å². The summed E-state index contributed by atoms with van der Waals surface area (Å²) in [6.45, 7) is 0. The second kappa shape index (κ2) is 8.70. The first-order valence-electron chi connectivity index (χ1n) is 7.95. The molecule has 0 spiro atoms. The molecule has 0 aliphatic rings. The molecule has 1 heterocycles. The molecule has 2 aromatic carbocycles. The van der Waals surface area contributed by atoms with Crippen molar-refractivity contribution < 1.29 is 14.0 Å². The second-order valence-corrected chi connectivity index (χ2v) is 6.96. The van der Waals surface area contributed by atoms with Crippen LogP contribution in [-0.4, -0.2) is 22.0 Å². The number of para-hydroxylation sites is 1. The zero-order valence-electron chi connectivity index (χ0n) is 13.9. The smallest absolute Gasteiger partial charge is 0.286 e. The lowest BCUT2D eigenvalue weighted by Gasteiger charge is -2.05. The number of amides is 2. The van der Waals surface area contributed by atoms with Gasteiger partial charge in [0.25, 0.3) is 5.91 Å². The lowest BCUT2D eigenvalue weighted by atomic mass is 10.2. The molecule has 0 bridgehead atoms. The number of rotatable bonds is 6. The monoisotopic (exact) mass is 404 g/mol. The van der Waals surface area contributed by atoms with Gasteiger partial charge < -0.3 is 10.6 Å². The predicted octanol–water partition coefficient (Wildman–Crippen LogP) is 4.15. The Morgan fingerprint density at radius 2 is 1.78 bits per heavy atom. The summed E-state index contributed by atoms with van der Waals surface area (Å²) < 4.78 is 12.9. The van der Waals surface area contributed by atoms with Crippen LogP contribution in [0.15, 0.2) is 48.5 Å². The molecule has 0 saturated heterocycles. The fourth-order valence-corrected chi connectivity index (χ4v) is 3.08. The number of hydrogen-bond donors (Lipinski definition) is 2. The van der Waals surface area contributed by atoms with E-state index in [2.05, 4.69) is 20.8 Å². The van der Waals surface area contributed by atoms with Crippen molar-refractivity contribution in [1.29, 1.82) is 0 Å². The van der Waals surface area contributed by atoms with Crippen molar-refractivity contribution in [3.05, 3.63) is 69.4 Å². The van der Waals surface area contributed by atoms with Crippen molar-refractivity contribution >= 4 is 46.1 Å². The summed E-state index contributed by atoms with van der Waals surface area (Å²) in [4.78, 5) is 24.2. The number of hydrogen-bond acceptors (Lipinski definition) is 5. The van der Waals surface area contributed by atoms with E-state index in [-0.39, 0.29) is 23.2 Å². The van der Waals surface area contributed by atoms with Crippen LogP contribution < -0.4 is 10.6 Å². The number of aryl methyl sites for hydroxylation is 1. The number of halogens is 2. The van der Waals surface area contributed by atoms with Crippen molar-refractivity contribution in [2.75, 3.05) is 10.6 Å². The van der Waals surface area contributed by atoms with Gasteiger partial charge >= 0.3 is 0 Å². The molecule has 0 atom stereocenters. The SMILES string of the molecule is O=C(CCc1nnc(C(=O)Nc2ccc(F)cc2)s1)Nc1ccccc1Cl. The third-order valence-electron chi connectivity index (χ3n) is 3.48. The summed E-state index contributed by atoms with van der Waals surface area (Å²) in [5.41, 5.74) is 0.998. The average molecular weight is 405 g/mol. The number of nitrogens with one attached hydrogen (secondary N) is 2. The molecule has 3 rings (SSSR count). The summed E-state index contributed by atoms with van der Waals surface area (Å²) in [7, 11) is 0. The molecule has 9 heteroatoms. The molecule has 0 aliphatic carbocycles. The van der Waals surface area contributed by atoms with Gasteiger partial charge in [0.05, 0.1) is 10.7 Å². The molecule has 0 radical (unpaired) electrons. The minimum Gasteiger partial charge on any atom is -0.325 e. The van der Waals surface area contributed by atoms with Crippen molar-refractivity contribution in [2.24, 2.45) is 0 Å². The molecule has 0 unspecified atom stereocenters. The van der Waals surface area contributed by atoms with Crippen LogP contribution in [0.4, 0.5) is 15.8 Å². The zero-order valence-corrected chi connectivity index (χ0v) is 15.5. The summed E-state index contributed by atoms with van der Waals surface area (Å²) in [6.07, 6.45) is 0.525. The van der Waals surface area contributed by atoms with Crippen LogP contribution in [-0.2, 0) is 11.2 Å². The Hall–Kier alpha value is -2.84. The molecule has 3 aromatic rings. The molecule has 2 N–H and O–H groups in total. The minimum atomic E-state index is -0.439. The van der Waals surface area contributed by atoms with Crippen molar-refractivity contribution in [3.8, 4) is 0 Å². The highest BCUT2D eigenvalue weighted by Crippen LogP contribution is 2.21. The quantitative estimate of drug-likeness (QED) is 0.646. The topological polar surface area (TPSA) is 84.0 Å². The average Bonchev–Trinajstić information content (AvgIpc) is 3.13. The molecule has 27 heavy (non-hydrogen) atoms. The standard InChI is InChI=1S/C18H14ClFN4O2S/c19-13-3-1-2-4-14(13)22-15(25)9-10-16-23-24-18(27-16)17(26)21-12-7-5-11(20)6-8-12/h1-8H,9-10H2,(H,21,26)(H,22,25). The van der Waals surface area contributed by atoms with E-state index >= 15 is 0 Å². The number of carbonyl (C=O) groups excluding carboxylic acids is 2. The number of nitrogens with zero attached hydrogens (tertiary/aromatic N) is 2. The molecular formula is C18H14ClFN4O2S. The van der Waals surface area contributed by atoms with Crippen molar-refractivity contribution in [2.45, 2.75) is 12.8 Å². The Morgan fingerprint density at radius 1 is 1.04 bits per heavy atom. The Balaban J connectivity index is 1.53. The van der Waals surface area contributed by atoms with Gasteiger partial charge in [0.2, 0.25) is 10.9 Å². The fraction of sp³-hybridized carbons (Fsp3) is 0.111. The van der Waals surface area contributed by atoms with Gasteiger partial charge in [0.1, 0.15) is 10.8 Å². The number of anilines is 2. The number of carbonyl (C=O) groups is 2. The molecule has 0 fully saturated rings. The Morgan fingerprint density at radius 3 is 2.52 bits per heavy atom. The number of aromatic nitrogens is 2. The Labute approximate surface area is 163 Å². The van der Waals surface area contributed by atoms with Crippen LogP contribution in [0.5, 0.6) is 0 Å². The normalized spacial score (nSPS) is 10.4. The van der Waals surface area contributed by atoms with Gasteiger partial charge in [0, 0.05) is 18.5 Å². The largest absolute Gasteiger partial charge is 0.325 e. The molecule has 0 saturated carbocycles. The fourth-order valence-electron chi connectivity index (χ4n) is 2.16. The highest BCUT2D eigenvalue weighted by molar-refractivity contribution is 7.13. The van der Waals surface area contributed by atoms with E-state index < -0.39 is 5.91 Å². The first-order valence-corrected chi connectivity index (χ1v) is 9.14. The second-order valence-electron chi connectivity index (χ2n) is 5.49. The van der Waals surface area contributed by atoms with Gasteiger partial charge in [-0.05, 0) is 36.4 Å². The van der Waals surface area contributed by atoms with Gasteiger partial charge in [-0.1, -0.05) is 35.1 Å². The zero-order chi connectivity index (χ0) is 19.2. The van der Waals surface area contributed by atoms with E-state index in [9.17, 15) is 14.0 Å². The molecule has 6 nitrogen and oxygen atoms in total. The van der Waals surface area contributed by atoms with Crippen molar-refractivity contribution in [1.82, 2.24) is 10.2 Å². The van der Waals surface area contributed by atoms with Crippen LogP contribution in [0, 0.1) is 5.82 Å². The molecule has 1 aromatic heterocycles. The lowest BCUT2D eigenvalue weighted by Crippen LogP contribution is -2.12. The van der Waals surface area contributed by atoms with E-state index in [1.54, 1.807) is 24.3 Å². The minimum absolute atomic E-state index is 0.167. The molecular weight excluding hydrogens is 391 g/mol. The number of benzene rings is 2. The maximum absolute atomic E-state index is 12.9. The van der Waals surface area contributed by atoms with Crippen LogP contribution in [0.3, 0.4) is 0 Å². The molecule has 138 valence electrons. The summed E-state index contributed by atoms with van der Waals surface area (Å²) >= 11 is 7.10. The molecule has 0 aliphatic heterocycles. The third-order valence-corrected chi connectivity index (χ3v) is 4.79. The predicted molar refractivity (Wildman–Crippen MR) is 103 cm³/mol. The Kier molecular flexibility index (Phi) is 6.10. The highest BCUT2D eigenvalue weighted by atomic mass is 35.5. The van der Waals surface area contributed by atoms with E-state index in [1.807, 2.05) is 0 Å². The summed E-state index contributed by atoms with van der Waals surface area (Å²) in [5, 5.41) is 14.3. The van der Waals surface area contributed by atoms with Gasteiger partial charge in [-0.2, -0.15) is 0 Å². The van der Waals surface area contributed by atoms with Gasteiger partial charge in [-0.3, -0.25) is 9.59 Å². The highest BCUT2D eigenvalue weighted by Gasteiger charge is 2.14. The maximum atomic E-state index is 12.9. The maximum Gasteiger partial charge on any atom is 0.286 e. The summed E-state index contributed by atoms with van der Waals surface area (Å²) in [6, 6.07) is 12.4. The third kappa shape index (κ3) is 5.32. The van der Waals surface area contributed by atoms with Gasteiger partial charge in [-0.25, -0.2) is 4.39 Å². The first kappa shape index (κ1) is 18.9. The van der Waals surface area contributed by atoms with E-state index in [0.29, 0.717) is 27.8 Å². The van der Waals surface area contributed by atoms with E-state index in [0.717, 1.165) is 11.3 Å². The Bertz CT molecular complexity index is 962. The van der Waals surface area contributed by atoms with E-state index in [1.165, 1.54) is 24.3 Å². The van der Waals surface area contributed by atoms with Gasteiger partial charge in [-0.15, -0.1) is 10.2 Å². The first-order chi connectivity index (χ1) is 13.0. The van der Waals surface area contributed by atoms with Gasteiger partial charge in [0.15, 0.2) is 0 Å². The van der Waals surface area contributed by atoms with E-state index in [4.69, 9.17) is 11.6 Å².